The average Bonchev–Trinajstić information content (AvgIpc) is 3.23. The van der Waals surface area contributed by atoms with Crippen molar-refractivity contribution >= 4 is 11.6 Å². The molecule has 2 aliphatic rings. The number of hydrogen-bond acceptors (Lipinski definition) is 3. The highest BCUT2D eigenvalue weighted by atomic mass is 16.2. The molecule has 1 amide bonds. The number of fused-ring (bicyclic) bond motifs is 1. The lowest BCUT2D eigenvalue weighted by atomic mass is 10.0. The van der Waals surface area contributed by atoms with Gasteiger partial charge in [-0.05, 0) is 36.8 Å². The molecule has 2 atom stereocenters. The van der Waals surface area contributed by atoms with E-state index in [-0.39, 0.29) is 5.91 Å². The van der Waals surface area contributed by atoms with Crippen molar-refractivity contribution in [1.82, 2.24) is 14.7 Å². The van der Waals surface area contributed by atoms with Crippen molar-refractivity contribution in [3.63, 3.8) is 0 Å². The number of nitrogens with two attached hydrogens (primary N) is 1. The molecule has 5 nitrogen and oxygen atoms in total. The van der Waals surface area contributed by atoms with E-state index in [1.54, 1.807) is 10.9 Å². The SMILES string of the molecule is Nc1cn(-c2ccccc2)nc1CC(=O)N1CC2CCCC2C1. The van der Waals surface area contributed by atoms with E-state index < -0.39 is 0 Å². The number of rotatable bonds is 3. The van der Waals surface area contributed by atoms with Gasteiger partial charge in [0, 0.05) is 13.1 Å². The Bertz CT molecular complexity index is 697. The second-order valence-corrected chi connectivity index (χ2v) is 6.74. The molecule has 1 saturated carbocycles. The van der Waals surface area contributed by atoms with Crippen LogP contribution < -0.4 is 5.73 Å². The number of para-hydroxylation sites is 1. The topological polar surface area (TPSA) is 64.2 Å². The number of nitrogen functional groups attached to an aromatic ring is 1. The van der Waals surface area contributed by atoms with Crippen molar-refractivity contribution in [2.45, 2.75) is 25.7 Å². The zero-order valence-corrected chi connectivity index (χ0v) is 13.2. The van der Waals surface area contributed by atoms with Crippen LogP contribution in [0.3, 0.4) is 0 Å². The summed E-state index contributed by atoms with van der Waals surface area (Å²) in [4.78, 5) is 14.6. The van der Waals surface area contributed by atoms with Gasteiger partial charge in [-0.15, -0.1) is 0 Å². The lowest BCUT2D eigenvalue weighted by molar-refractivity contribution is -0.129. The monoisotopic (exact) mass is 310 g/mol. The number of nitrogens with zero attached hydrogens (tertiary/aromatic N) is 3. The van der Waals surface area contributed by atoms with Crippen LogP contribution in [0.25, 0.3) is 5.69 Å². The van der Waals surface area contributed by atoms with E-state index in [0.29, 0.717) is 17.8 Å². The van der Waals surface area contributed by atoms with Crippen LogP contribution in [0.4, 0.5) is 5.69 Å². The predicted octanol–water partition coefficient (Wildman–Crippen LogP) is 2.26. The first kappa shape index (κ1) is 14.3. The Hall–Kier alpha value is -2.30. The molecule has 23 heavy (non-hydrogen) atoms. The van der Waals surface area contributed by atoms with Gasteiger partial charge in [-0.3, -0.25) is 4.79 Å². The highest BCUT2D eigenvalue weighted by Crippen LogP contribution is 2.37. The third-order valence-corrected chi connectivity index (χ3v) is 5.24. The van der Waals surface area contributed by atoms with Crippen LogP contribution in [0.2, 0.25) is 0 Å². The molecular weight excluding hydrogens is 288 g/mol. The summed E-state index contributed by atoms with van der Waals surface area (Å²) in [5, 5.41) is 4.51. The molecule has 4 rings (SSSR count). The second kappa shape index (κ2) is 5.72. The highest BCUT2D eigenvalue weighted by molar-refractivity contribution is 5.80. The van der Waals surface area contributed by atoms with Crippen molar-refractivity contribution < 1.29 is 4.79 Å². The lowest BCUT2D eigenvalue weighted by Crippen LogP contribution is -2.31. The molecule has 2 unspecified atom stereocenters. The third kappa shape index (κ3) is 2.71. The maximum absolute atomic E-state index is 12.6. The normalized spacial score (nSPS) is 23.2. The molecule has 2 N–H and O–H groups in total. The number of carbonyl (C=O) groups is 1. The standard InChI is InChI=1S/C18H22N4O/c19-16-12-22(15-7-2-1-3-8-15)20-17(16)9-18(23)21-10-13-5-4-6-14(13)11-21/h1-3,7-8,12-14H,4-6,9-11,19H2. The molecule has 2 aromatic rings. The minimum Gasteiger partial charge on any atom is -0.396 e. The smallest absolute Gasteiger partial charge is 0.228 e. The van der Waals surface area contributed by atoms with E-state index in [0.717, 1.165) is 30.6 Å². The van der Waals surface area contributed by atoms with Crippen molar-refractivity contribution in [1.29, 1.82) is 0 Å². The lowest BCUT2D eigenvalue weighted by Gasteiger charge is -2.16. The van der Waals surface area contributed by atoms with Gasteiger partial charge < -0.3 is 10.6 Å². The van der Waals surface area contributed by atoms with Crippen LogP contribution in [0, 0.1) is 11.8 Å². The van der Waals surface area contributed by atoms with Crippen molar-refractivity contribution in [3.05, 3.63) is 42.2 Å². The van der Waals surface area contributed by atoms with Gasteiger partial charge in [0.25, 0.3) is 0 Å². The number of aromatic nitrogens is 2. The molecule has 0 bridgehead atoms. The number of amides is 1. The van der Waals surface area contributed by atoms with E-state index in [1.807, 2.05) is 35.2 Å². The Morgan fingerprint density at radius 1 is 1.17 bits per heavy atom. The Morgan fingerprint density at radius 3 is 2.57 bits per heavy atom. The van der Waals surface area contributed by atoms with Crippen LogP contribution >= 0.6 is 0 Å². The van der Waals surface area contributed by atoms with E-state index in [1.165, 1.54) is 19.3 Å². The number of hydrogen-bond donors (Lipinski definition) is 1. The fourth-order valence-electron chi connectivity index (χ4n) is 3.97. The van der Waals surface area contributed by atoms with Crippen LogP contribution in [0.15, 0.2) is 36.5 Å². The van der Waals surface area contributed by atoms with E-state index in [9.17, 15) is 4.79 Å². The van der Waals surface area contributed by atoms with Gasteiger partial charge in [-0.2, -0.15) is 5.10 Å². The summed E-state index contributed by atoms with van der Waals surface area (Å²) in [6, 6.07) is 9.83. The molecule has 0 radical (unpaired) electrons. The number of likely N-dealkylation sites (tertiary alicyclic amines) is 1. The maximum atomic E-state index is 12.6. The molecule has 5 heteroatoms. The summed E-state index contributed by atoms with van der Waals surface area (Å²) in [5.74, 6) is 1.60. The number of anilines is 1. The molecule has 2 heterocycles. The summed E-state index contributed by atoms with van der Waals surface area (Å²) < 4.78 is 1.75. The largest absolute Gasteiger partial charge is 0.396 e. The van der Waals surface area contributed by atoms with Gasteiger partial charge in [-0.1, -0.05) is 24.6 Å². The molecular formula is C18H22N4O. The first-order chi connectivity index (χ1) is 11.2. The molecule has 2 fully saturated rings. The van der Waals surface area contributed by atoms with Gasteiger partial charge in [0.2, 0.25) is 5.91 Å². The molecule has 1 aromatic heterocycles. The van der Waals surface area contributed by atoms with Crippen LogP contribution in [0.5, 0.6) is 0 Å². The Morgan fingerprint density at radius 2 is 1.87 bits per heavy atom. The van der Waals surface area contributed by atoms with Gasteiger partial charge in [-0.25, -0.2) is 4.68 Å². The maximum Gasteiger partial charge on any atom is 0.228 e. The molecule has 120 valence electrons. The molecule has 0 spiro atoms. The summed E-state index contributed by atoms with van der Waals surface area (Å²) >= 11 is 0. The van der Waals surface area contributed by atoms with Gasteiger partial charge in [0.15, 0.2) is 0 Å². The van der Waals surface area contributed by atoms with Crippen molar-refractivity contribution in [3.8, 4) is 5.69 Å². The Balaban J connectivity index is 1.47. The van der Waals surface area contributed by atoms with E-state index in [2.05, 4.69) is 5.10 Å². The zero-order valence-electron chi connectivity index (χ0n) is 13.2. The predicted molar refractivity (Wildman–Crippen MR) is 89.1 cm³/mol. The molecule has 1 aliphatic heterocycles. The molecule has 1 aliphatic carbocycles. The van der Waals surface area contributed by atoms with Crippen molar-refractivity contribution in [2.24, 2.45) is 11.8 Å². The fraction of sp³-hybridized carbons (Fsp3) is 0.444. The van der Waals surface area contributed by atoms with Gasteiger partial charge in [0.1, 0.15) is 0 Å². The molecule has 1 saturated heterocycles. The minimum absolute atomic E-state index is 0.157. The Kier molecular flexibility index (Phi) is 3.56. The second-order valence-electron chi connectivity index (χ2n) is 6.74. The summed E-state index contributed by atoms with van der Waals surface area (Å²) in [5.41, 5.74) is 8.28. The van der Waals surface area contributed by atoms with E-state index >= 15 is 0 Å². The fourth-order valence-corrected chi connectivity index (χ4v) is 3.97. The number of carbonyl (C=O) groups excluding carboxylic acids is 1. The minimum atomic E-state index is 0.157. The van der Waals surface area contributed by atoms with Gasteiger partial charge >= 0.3 is 0 Å². The molecule has 1 aromatic carbocycles. The highest BCUT2D eigenvalue weighted by Gasteiger charge is 2.38. The third-order valence-electron chi connectivity index (χ3n) is 5.24. The average molecular weight is 310 g/mol. The van der Waals surface area contributed by atoms with Crippen molar-refractivity contribution in [2.75, 3.05) is 18.8 Å². The van der Waals surface area contributed by atoms with Crippen LogP contribution in [0.1, 0.15) is 25.0 Å². The number of benzene rings is 1. The summed E-state index contributed by atoms with van der Waals surface area (Å²) in [6.45, 7) is 1.84. The Labute approximate surface area is 136 Å². The van der Waals surface area contributed by atoms with Crippen LogP contribution in [-0.4, -0.2) is 33.7 Å². The summed E-state index contributed by atoms with van der Waals surface area (Å²) in [7, 11) is 0. The first-order valence-corrected chi connectivity index (χ1v) is 8.38. The zero-order chi connectivity index (χ0) is 15.8. The summed E-state index contributed by atoms with van der Waals surface area (Å²) in [6.07, 6.45) is 5.96. The van der Waals surface area contributed by atoms with Gasteiger partial charge in [0.05, 0.1) is 29.7 Å². The van der Waals surface area contributed by atoms with Crippen LogP contribution in [-0.2, 0) is 11.2 Å². The quantitative estimate of drug-likeness (QED) is 0.945. The van der Waals surface area contributed by atoms with E-state index in [4.69, 9.17) is 5.73 Å². The first-order valence-electron chi connectivity index (χ1n) is 8.38.